The zero-order valence-corrected chi connectivity index (χ0v) is 10.7. The number of aryl methyl sites for hydroxylation is 2. The molecule has 1 aromatic heterocycles. The molecule has 1 aromatic rings. The van der Waals surface area contributed by atoms with Crippen molar-refractivity contribution >= 4 is 5.96 Å². The van der Waals surface area contributed by atoms with Crippen LogP contribution in [0.1, 0.15) is 18.1 Å². The summed E-state index contributed by atoms with van der Waals surface area (Å²) in [7, 11) is 3.65. The number of fused-ring (bicyclic) bond motifs is 1. The average Bonchev–Trinajstić information content (AvgIpc) is 2.72. The molecule has 6 heteroatoms. The number of nitrogens with one attached hydrogen (secondary N) is 2. The topological polar surface area (TPSA) is 67.1 Å². The fourth-order valence-electron chi connectivity index (χ4n) is 2.22. The van der Waals surface area contributed by atoms with E-state index in [1.54, 1.807) is 7.05 Å². The van der Waals surface area contributed by atoms with Crippen molar-refractivity contribution in [3.8, 4) is 0 Å². The molecular formula is C11H20N6. The Balaban J connectivity index is 1.92. The van der Waals surface area contributed by atoms with E-state index in [0.717, 1.165) is 43.5 Å². The van der Waals surface area contributed by atoms with E-state index in [0.29, 0.717) is 5.92 Å². The standard InChI is InChI=1S/C11H20N6/c1-8-15-16-10-5-4-9(7-17(8)10)6-14-11(12-2)13-3/h9H,4-7H2,1-3H3,(H2,12,13,14). The minimum Gasteiger partial charge on any atom is -0.359 e. The number of aliphatic imine (C=N–C) groups is 1. The molecule has 0 spiro atoms. The second-order valence-electron chi connectivity index (χ2n) is 4.38. The maximum Gasteiger partial charge on any atom is 0.190 e. The van der Waals surface area contributed by atoms with E-state index < -0.39 is 0 Å². The van der Waals surface area contributed by atoms with Crippen LogP contribution in [0.15, 0.2) is 4.99 Å². The van der Waals surface area contributed by atoms with Crippen LogP contribution in [0.3, 0.4) is 0 Å². The molecule has 0 fully saturated rings. The first kappa shape index (κ1) is 11.9. The van der Waals surface area contributed by atoms with Crippen molar-refractivity contribution in [3.05, 3.63) is 11.6 Å². The summed E-state index contributed by atoms with van der Waals surface area (Å²) in [5.74, 6) is 3.60. The number of nitrogens with zero attached hydrogens (tertiary/aromatic N) is 4. The number of hydrogen-bond acceptors (Lipinski definition) is 3. The van der Waals surface area contributed by atoms with Gasteiger partial charge in [0.1, 0.15) is 11.6 Å². The molecule has 2 rings (SSSR count). The van der Waals surface area contributed by atoms with E-state index >= 15 is 0 Å². The van der Waals surface area contributed by atoms with Gasteiger partial charge in [0, 0.05) is 33.6 Å². The van der Waals surface area contributed by atoms with Crippen molar-refractivity contribution < 1.29 is 0 Å². The first-order chi connectivity index (χ1) is 8.24. The Morgan fingerprint density at radius 1 is 1.53 bits per heavy atom. The fourth-order valence-corrected chi connectivity index (χ4v) is 2.22. The van der Waals surface area contributed by atoms with Crippen LogP contribution in [0.2, 0.25) is 0 Å². The minimum atomic E-state index is 0.613. The van der Waals surface area contributed by atoms with Gasteiger partial charge in [-0.25, -0.2) is 0 Å². The van der Waals surface area contributed by atoms with Gasteiger partial charge in [0.2, 0.25) is 0 Å². The van der Waals surface area contributed by atoms with Gasteiger partial charge in [0.15, 0.2) is 5.96 Å². The van der Waals surface area contributed by atoms with Gasteiger partial charge in [-0.15, -0.1) is 10.2 Å². The molecule has 94 valence electrons. The second kappa shape index (κ2) is 5.16. The highest BCUT2D eigenvalue weighted by Gasteiger charge is 2.21. The predicted molar refractivity (Wildman–Crippen MR) is 67.0 cm³/mol. The molecule has 1 unspecified atom stereocenters. The molecule has 0 saturated heterocycles. The number of guanidine groups is 1. The Hall–Kier alpha value is -1.59. The van der Waals surface area contributed by atoms with E-state index in [9.17, 15) is 0 Å². The Bertz CT molecular complexity index is 408. The van der Waals surface area contributed by atoms with E-state index in [-0.39, 0.29) is 0 Å². The van der Waals surface area contributed by atoms with E-state index in [1.165, 1.54) is 0 Å². The summed E-state index contributed by atoms with van der Waals surface area (Å²) in [4.78, 5) is 4.11. The van der Waals surface area contributed by atoms with Crippen molar-refractivity contribution in [1.82, 2.24) is 25.4 Å². The van der Waals surface area contributed by atoms with Crippen LogP contribution in [0.4, 0.5) is 0 Å². The van der Waals surface area contributed by atoms with Crippen molar-refractivity contribution in [2.45, 2.75) is 26.3 Å². The lowest BCUT2D eigenvalue weighted by Gasteiger charge is -2.24. The Kier molecular flexibility index (Phi) is 3.61. The molecule has 2 heterocycles. The second-order valence-corrected chi connectivity index (χ2v) is 4.38. The minimum absolute atomic E-state index is 0.613. The van der Waals surface area contributed by atoms with Gasteiger partial charge in [-0.1, -0.05) is 0 Å². The largest absolute Gasteiger partial charge is 0.359 e. The normalized spacial score (nSPS) is 19.9. The Morgan fingerprint density at radius 2 is 2.35 bits per heavy atom. The van der Waals surface area contributed by atoms with Gasteiger partial charge in [-0.3, -0.25) is 4.99 Å². The number of hydrogen-bond donors (Lipinski definition) is 2. The van der Waals surface area contributed by atoms with Crippen LogP contribution in [-0.4, -0.2) is 41.4 Å². The van der Waals surface area contributed by atoms with Crippen molar-refractivity contribution in [1.29, 1.82) is 0 Å². The molecule has 0 radical (unpaired) electrons. The molecule has 0 bridgehead atoms. The molecular weight excluding hydrogens is 216 g/mol. The van der Waals surface area contributed by atoms with Crippen LogP contribution in [0.5, 0.6) is 0 Å². The maximum atomic E-state index is 4.17. The lowest BCUT2D eigenvalue weighted by Crippen LogP contribution is -2.39. The quantitative estimate of drug-likeness (QED) is 0.558. The lowest BCUT2D eigenvalue weighted by atomic mass is 9.99. The number of aromatic nitrogens is 3. The highest BCUT2D eigenvalue weighted by atomic mass is 15.3. The van der Waals surface area contributed by atoms with Gasteiger partial charge >= 0.3 is 0 Å². The van der Waals surface area contributed by atoms with E-state index in [1.807, 2.05) is 14.0 Å². The third-order valence-corrected chi connectivity index (χ3v) is 3.25. The maximum absolute atomic E-state index is 4.17. The smallest absolute Gasteiger partial charge is 0.190 e. The monoisotopic (exact) mass is 236 g/mol. The number of rotatable bonds is 2. The van der Waals surface area contributed by atoms with Crippen molar-refractivity contribution in [2.24, 2.45) is 10.9 Å². The van der Waals surface area contributed by atoms with Gasteiger partial charge in [-0.2, -0.15) is 0 Å². The molecule has 0 saturated carbocycles. The molecule has 1 atom stereocenters. The molecule has 0 aliphatic carbocycles. The lowest BCUT2D eigenvalue weighted by molar-refractivity contribution is 0.359. The highest BCUT2D eigenvalue weighted by Crippen LogP contribution is 2.18. The summed E-state index contributed by atoms with van der Waals surface area (Å²) >= 11 is 0. The van der Waals surface area contributed by atoms with Gasteiger partial charge in [-0.05, 0) is 19.3 Å². The van der Waals surface area contributed by atoms with Crippen LogP contribution >= 0.6 is 0 Å². The summed E-state index contributed by atoms with van der Waals surface area (Å²) in [6, 6.07) is 0. The molecule has 2 N–H and O–H groups in total. The van der Waals surface area contributed by atoms with Crippen LogP contribution in [-0.2, 0) is 13.0 Å². The zero-order chi connectivity index (χ0) is 12.3. The van der Waals surface area contributed by atoms with Crippen molar-refractivity contribution in [3.63, 3.8) is 0 Å². The molecule has 1 aliphatic heterocycles. The SMILES string of the molecule is CN=C(NC)NCC1CCc2nnc(C)n2C1. The third-order valence-electron chi connectivity index (χ3n) is 3.25. The van der Waals surface area contributed by atoms with Gasteiger partial charge in [0.05, 0.1) is 0 Å². The molecule has 6 nitrogen and oxygen atoms in total. The molecule has 0 aromatic carbocycles. The van der Waals surface area contributed by atoms with Crippen LogP contribution in [0.25, 0.3) is 0 Å². The first-order valence-corrected chi connectivity index (χ1v) is 6.01. The molecule has 0 amide bonds. The van der Waals surface area contributed by atoms with Gasteiger partial charge in [0.25, 0.3) is 0 Å². The Labute approximate surface area is 102 Å². The zero-order valence-electron chi connectivity index (χ0n) is 10.7. The average molecular weight is 236 g/mol. The summed E-state index contributed by atoms with van der Waals surface area (Å²) < 4.78 is 2.22. The van der Waals surface area contributed by atoms with Crippen LogP contribution < -0.4 is 10.6 Å². The van der Waals surface area contributed by atoms with Crippen LogP contribution in [0, 0.1) is 12.8 Å². The summed E-state index contributed by atoms with van der Waals surface area (Å²) in [6.45, 7) is 3.95. The third kappa shape index (κ3) is 2.57. The Morgan fingerprint density at radius 3 is 3.06 bits per heavy atom. The fraction of sp³-hybridized carbons (Fsp3) is 0.727. The molecule has 1 aliphatic rings. The first-order valence-electron chi connectivity index (χ1n) is 6.01. The molecule has 17 heavy (non-hydrogen) atoms. The predicted octanol–water partition coefficient (Wildman–Crippen LogP) is -0.0563. The van der Waals surface area contributed by atoms with E-state index in [4.69, 9.17) is 0 Å². The van der Waals surface area contributed by atoms with Crippen molar-refractivity contribution in [2.75, 3.05) is 20.6 Å². The summed E-state index contributed by atoms with van der Waals surface area (Å²) in [5.41, 5.74) is 0. The summed E-state index contributed by atoms with van der Waals surface area (Å²) in [6.07, 6.45) is 2.18. The van der Waals surface area contributed by atoms with E-state index in [2.05, 4.69) is 30.4 Å². The highest BCUT2D eigenvalue weighted by molar-refractivity contribution is 5.79. The summed E-state index contributed by atoms with van der Waals surface area (Å²) in [5, 5.41) is 14.6. The van der Waals surface area contributed by atoms with Gasteiger partial charge < -0.3 is 15.2 Å².